The van der Waals surface area contributed by atoms with Crippen molar-refractivity contribution in [2.75, 3.05) is 52.5 Å². The molecule has 0 aromatic rings. The second kappa shape index (κ2) is 6.58. The highest BCUT2D eigenvalue weighted by Crippen LogP contribution is 2.43. The highest BCUT2D eigenvalue weighted by molar-refractivity contribution is 8.10. The average molecular weight is 446 g/mol. The molecule has 2 atom stereocenters. The quantitative estimate of drug-likeness (QED) is 0.434. The monoisotopic (exact) mass is 445 g/mol. The molecule has 4 saturated heterocycles. The standard InChI is InChI=1S/C13H23N3O8S3/c17-25(18,12-10-24-12)13(26(19,20)14-6-3-7-14)11-23-9-8-16(13)27(21,22)15-4-1-2-5-15/h12H,1-11H2. The van der Waals surface area contributed by atoms with E-state index in [-0.39, 0.29) is 45.9 Å². The van der Waals surface area contributed by atoms with Crippen molar-refractivity contribution in [1.29, 1.82) is 0 Å². The topological polar surface area (TPSA) is 134 Å². The Bertz CT molecular complexity index is 904. The van der Waals surface area contributed by atoms with Crippen molar-refractivity contribution in [2.24, 2.45) is 0 Å². The molecule has 0 radical (unpaired) electrons. The van der Waals surface area contributed by atoms with Gasteiger partial charge in [-0.15, -0.1) is 4.31 Å². The Morgan fingerprint density at radius 1 is 0.815 bits per heavy atom. The fourth-order valence-electron chi connectivity index (χ4n) is 3.67. The molecule has 0 aliphatic carbocycles. The number of hydrogen-bond acceptors (Lipinski definition) is 8. The Labute approximate surface area is 159 Å². The van der Waals surface area contributed by atoms with Crippen molar-refractivity contribution in [2.45, 2.75) is 28.9 Å². The van der Waals surface area contributed by atoms with Gasteiger partial charge in [0.05, 0.1) is 19.8 Å². The van der Waals surface area contributed by atoms with Crippen LogP contribution in [-0.2, 0) is 39.5 Å². The summed E-state index contributed by atoms with van der Waals surface area (Å²) in [6, 6.07) is 0. The Balaban J connectivity index is 1.89. The number of epoxide rings is 1. The van der Waals surface area contributed by atoms with Crippen molar-refractivity contribution < 1.29 is 34.7 Å². The van der Waals surface area contributed by atoms with Crippen LogP contribution in [-0.4, -0.2) is 100 Å². The molecule has 4 rings (SSSR count). The van der Waals surface area contributed by atoms with Crippen LogP contribution in [0.15, 0.2) is 0 Å². The number of ether oxygens (including phenoxy) is 2. The number of rotatable bonds is 6. The van der Waals surface area contributed by atoms with Crippen LogP contribution in [0, 0.1) is 0 Å². The van der Waals surface area contributed by atoms with Crippen LogP contribution < -0.4 is 0 Å². The Morgan fingerprint density at radius 2 is 1.41 bits per heavy atom. The van der Waals surface area contributed by atoms with E-state index in [1.807, 2.05) is 0 Å². The van der Waals surface area contributed by atoms with E-state index in [0.29, 0.717) is 23.6 Å². The van der Waals surface area contributed by atoms with Gasteiger partial charge in [0.25, 0.3) is 24.4 Å². The predicted molar refractivity (Wildman–Crippen MR) is 93.8 cm³/mol. The van der Waals surface area contributed by atoms with Crippen molar-refractivity contribution in [1.82, 2.24) is 12.9 Å². The summed E-state index contributed by atoms with van der Waals surface area (Å²) in [7, 11) is -13.4. The van der Waals surface area contributed by atoms with Gasteiger partial charge in [0.2, 0.25) is 9.84 Å². The van der Waals surface area contributed by atoms with Crippen LogP contribution in [0.2, 0.25) is 0 Å². The second-order valence-corrected chi connectivity index (χ2v) is 13.6. The van der Waals surface area contributed by atoms with E-state index < -0.39 is 46.3 Å². The van der Waals surface area contributed by atoms with Crippen molar-refractivity contribution in [3.05, 3.63) is 0 Å². The molecule has 0 N–H and O–H groups in total. The number of hydrogen-bond donors (Lipinski definition) is 0. The minimum Gasteiger partial charge on any atom is -0.376 e. The lowest BCUT2D eigenvalue weighted by Crippen LogP contribution is -2.72. The van der Waals surface area contributed by atoms with Gasteiger partial charge < -0.3 is 9.47 Å². The summed E-state index contributed by atoms with van der Waals surface area (Å²) in [6.07, 6.45) is 1.89. The second-order valence-electron chi connectivity index (χ2n) is 7.02. The molecule has 4 aliphatic rings. The van der Waals surface area contributed by atoms with Gasteiger partial charge in [0.1, 0.15) is 0 Å². The van der Waals surface area contributed by atoms with Gasteiger partial charge in [-0.3, -0.25) is 0 Å². The molecule has 4 heterocycles. The van der Waals surface area contributed by atoms with Gasteiger partial charge in [-0.05, 0) is 19.3 Å². The molecule has 11 nitrogen and oxygen atoms in total. The third-order valence-corrected chi connectivity index (χ3v) is 13.4. The summed E-state index contributed by atoms with van der Waals surface area (Å²) >= 11 is 0. The zero-order chi connectivity index (χ0) is 19.5. The third kappa shape index (κ3) is 2.79. The average Bonchev–Trinajstić information content (AvgIpc) is 3.27. The van der Waals surface area contributed by atoms with Gasteiger partial charge >= 0.3 is 0 Å². The fourth-order valence-corrected chi connectivity index (χ4v) is 11.5. The lowest BCUT2D eigenvalue weighted by atomic mass is 10.3. The van der Waals surface area contributed by atoms with Crippen LogP contribution in [0.4, 0.5) is 0 Å². The highest BCUT2D eigenvalue weighted by Gasteiger charge is 2.70. The van der Waals surface area contributed by atoms with Gasteiger partial charge in [0, 0.05) is 32.7 Å². The molecule has 0 amide bonds. The molecule has 0 spiro atoms. The van der Waals surface area contributed by atoms with E-state index in [4.69, 9.17) is 9.47 Å². The smallest absolute Gasteiger partial charge is 0.284 e. The van der Waals surface area contributed by atoms with E-state index in [2.05, 4.69) is 0 Å². The van der Waals surface area contributed by atoms with Crippen LogP contribution in [0.25, 0.3) is 0 Å². The van der Waals surface area contributed by atoms with Crippen molar-refractivity contribution in [3.8, 4) is 0 Å². The first-order chi connectivity index (χ1) is 12.7. The number of nitrogens with zero attached hydrogens (tertiary/aromatic N) is 3. The lowest BCUT2D eigenvalue weighted by Gasteiger charge is -2.47. The Hall–Kier alpha value is -0.350. The first-order valence-corrected chi connectivity index (χ1v) is 13.2. The minimum atomic E-state index is -4.55. The molecule has 0 bridgehead atoms. The molecule has 0 aromatic heterocycles. The number of morpholine rings is 1. The molecule has 4 aliphatic heterocycles. The van der Waals surface area contributed by atoms with Crippen LogP contribution >= 0.6 is 0 Å². The summed E-state index contributed by atoms with van der Waals surface area (Å²) in [6.45, 7) is -0.563. The van der Waals surface area contributed by atoms with E-state index in [1.54, 1.807) is 0 Å². The van der Waals surface area contributed by atoms with Gasteiger partial charge in [0.15, 0.2) is 5.44 Å². The van der Waals surface area contributed by atoms with Gasteiger partial charge in [-0.1, -0.05) is 0 Å². The predicted octanol–water partition coefficient (Wildman–Crippen LogP) is -1.88. The third-order valence-electron chi connectivity index (χ3n) is 5.42. The van der Waals surface area contributed by atoms with Crippen LogP contribution in [0.3, 0.4) is 0 Å². The fraction of sp³-hybridized carbons (Fsp3) is 1.00. The van der Waals surface area contributed by atoms with E-state index in [1.165, 1.54) is 0 Å². The summed E-state index contributed by atoms with van der Waals surface area (Å²) in [5.41, 5.74) is -1.34. The molecule has 0 saturated carbocycles. The highest BCUT2D eigenvalue weighted by atomic mass is 32.3. The molecule has 14 heteroatoms. The minimum absolute atomic E-state index is 0.0780. The first kappa shape index (κ1) is 19.9. The molecular formula is C13H23N3O8S3. The maximum Gasteiger partial charge on any atom is 0.284 e. The number of sulfone groups is 1. The molecule has 156 valence electrons. The molecule has 27 heavy (non-hydrogen) atoms. The lowest BCUT2D eigenvalue weighted by molar-refractivity contribution is 0.0373. The van der Waals surface area contributed by atoms with E-state index >= 15 is 0 Å². The molecular weight excluding hydrogens is 422 g/mol. The normalized spacial score (nSPS) is 34.4. The van der Waals surface area contributed by atoms with Crippen LogP contribution in [0.5, 0.6) is 0 Å². The van der Waals surface area contributed by atoms with E-state index in [9.17, 15) is 25.3 Å². The number of sulfonamides is 1. The Morgan fingerprint density at radius 3 is 1.93 bits per heavy atom. The van der Waals surface area contributed by atoms with Gasteiger partial charge in [-0.25, -0.2) is 16.8 Å². The zero-order valence-corrected chi connectivity index (χ0v) is 17.1. The largest absolute Gasteiger partial charge is 0.376 e. The maximum absolute atomic E-state index is 13.4. The SMILES string of the molecule is O=S(=O)(N1CCCC1)N1CCOCC1(S(=O)(=O)C1CO1)S(=O)(=O)N1CCC1. The van der Waals surface area contributed by atoms with Gasteiger partial charge in [-0.2, -0.15) is 17.0 Å². The van der Waals surface area contributed by atoms with Crippen molar-refractivity contribution >= 4 is 30.1 Å². The molecule has 2 unspecified atom stereocenters. The maximum atomic E-state index is 13.4. The first-order valence-electron chi connectivity index (χ1n) is 8.86. The van der Waals surface area contributed by atoms with Crippen LogP contribution in [0.1, 0.15) is 19.3 Å². The zero-order valence-electron chi connectivity index (χ0n) is 14.7. The van der Waals surface area contributed by atoms with Crippen molar-refractivity contribution in [3.63, 3.8) is 0 Å². The summed E-state index contributed by atoms with van der Waals surface area (Å²) < 4.78 is 90.3. The molecule has 0 aromatic carbocycles. The summed E-state index contributed by atoms with van der Waals surface area (Å²) in [5, 5.41) is 0. The van der Waals surface area contributed by atoms with E-state index in [0.717, 1.165) is 8.61 Å². The summed E-state index contributed by atoms with van der Waals surface area (Å²) in [5.74, 6) is 0. The molecule has 4 fully saturated rings. The summed E-state index contributed by atoms with van der Waals surface area (Å²) in [4.78, 5) is 0. The Kier molecular flexibility index (Phi) is 4.86.